The molecule has 0 amide bonds. The lowest BCUT2D eigenvalue weighted by atomic mass is 10.2. The van der Waals surface area contributed by atoms with Gasteiger partial charge in [-0.25, -0.2) is 8.78 Å². The summed E-state index contributed by atoms with van der Waals surface area (Å²) in [7, 11) is 0. The average molecular weight is 220 g/mol. The monoisotopic (exact) mass is 220 g/mol. The number of halogens is 2. The van der Waals surface area contributed by atoms with Gasteiger partial charge in [-0.1, -0.05) is 0 Å². The van der Waals surface area contributed by atoms with Crippen LogP contribution >= 0.6 is 0 Å². The van der Waals surface area contributed by atoms with E-state index in [0.717, 1.165) is 5.69 Å². The Labute approximate surface area is 93.0 Å². The molecule has 0 aliphatic heterocycles. The Hall–Kier alpha value is -1.77. The lowest BCUT2D eigenvalue weighted by Gasteiger charge is -1.99. The second-order valence-electron chi connectivity index (χ2n) is 3.67. The van der Waals surface area contributed by atoms with E-state index < -0.39 is 6.43 Å². The summed E-state index contributed by atoms with van der Waals surface area (Å²) in [6, 6.07) is 10.2. The Morgan fingerprint density at radius 3 is 2.00 bits per heavy atom. The van der Waals surface area contributed by atoms with Crippen molar-refractivity contribution in [2.75, 3.05) is 0 Å². The van der Waals surface area contributed by atoms with Crippen molar-refractivity contribution in [3.05, 3.63) is 59.9 Å². The van der Waals surface area contributed by atoms with Crippen molar-refractivity contribution in [2.45, 2.75) is 13.3 Å². The SMILES string of the molecule is Cc1cc[n+](-c2ccc(C(F)F)cc2)cc1. The largest absolute Gasteiger partial charge is 0.263 e. The normalized spacial score (nSPS) is 10.8. The van der Waals surface area contributed by atoms with Crippen LogP contribution in [0.25, 0.3) is 5.69 Å². The van der Waals surface area contributed by atoms with Crippen molar-refractivity contribution in [2.24, 2.45) is 0 Å². The van der Waals surface area contributed by atoms with Gasteiger partial charge in [0.2, 0.25) is 5.69 Å². The molecule has 0 unspecified atom stereocenters. The lowest BCUT2D eigenvalue weighted by Crippen LogP contribution is -2.29. The predicted octanol–water partition coefficient (Wildman–Crippen LogP) is 3.21. The molecule has 82 valence electrons. The predicted molar refractivity (Wildman–Crippen MR) is 57.7 cm³/mol. The first-order valence-electron chi connectivity index (χ1n) is 5.03. The molecule has 0 spiro atoms. The number of hydrogen-bond acceptors (Lipinski definition) is 0. The van der Waals surface area contributed by atoms with Crippen LogP contribution in [0.1, 0.15) is 17.6 Å². The summed E-state index contributed by atoms with van der Waals surface area (Å²) in [5.74, 6) is 0. The van der Waals surface area contributed by atoms with Crippen LogP contribution in [-0.4, -0.2) is 0 Å². The zero-order valence-corrected chi connectivity index (χ0v) is 8.90. The third-order valence-electron chi connectivity index (χ3n) is 2.44. The fourth-order valence-electron chi connectivity index (χ4n) is 1.47. The van der Waals surface area contributed by atoms with E-state index >= 15 is 0 Å². The molecule has 0 fully saturated rings. The fourth-order valence-corrected chi connectivity index (χ4v) is 1.47. The van der Waals surface area contributed by atoms with Crippen molar-refractivity contribution in [1.29, 1.82) is 0 Å². The molecule has 2 rings (SSSR count). The van der Waals surface area contributed by atoms with E-state index in [1.165, 1.54) is 17.7 Å². The number of benzene rings is 1. The standard InChI is InChI=1S/C13H12F2N/c1-10-6-8-16(9-7-10)12-4-2-11(3-5-12)13(14)15/h2-9,13H,1H3/q+1. The number of aryl methyl sites for hydroxylation is 1. The van der Waals surface area contributed by atoms with Crippen molar-refractivity contribution < 1.29 is 13.3 Å². The summed E-state index contributed by atoms with van der Waals surface area (Å²) >= 11 is 0. The van der Waals surface area contributed by atoms with Gasteiger partial charge in [0.1, 0.15) is 0 Å². The van der Waals surface area contributed by atoms with Crippen LogP contribution in [0.2, 0.25) is 0 Å². The van der Waals surface area contributed by atoms with Gasteiger partial charge in [0.25, 0.3) is 6.43 Å². The molecule has 3 heteroatoms. The van der Waals surface area contributed by atoms with Crippen molar-refractivity contribution in [3.63, 3.8) is 0 Å². The zero-order chi connectivity index (χ0) is 11.5. The molecule has 0 saturated carbocycles. The molecular formula is C13H12F2N+. The van der Waals surface area contributed by atoms with E-state index in [9.17, 15) is 8.78 Å². The van der Waals surface area contributed by atoms with Gasteiger partial charge in [0.15, 0.2) is 12.4 Å². The van der Waals surface area contributed by atoms with Crippen LogP contribution in [-0.2, 0) is 0 Å². The highest BCUT2D eigenvalue weighted by molar-refractivity contribution is 5.28. The second kappa shape index (κ2) is 4.39. The summed E-state index contributed by atoms with van der Waals surface area (Å²) in [6.07, 6.45) is 1.41. The minimum atomic E-state index is -2.41. The van der Waals surface area contributed by atoms with Crippen LogP contribution in [0, 0.1) is 6.92 Å². The summed E-state index contributed by atoms with van der Waals surface area (Å²) < 4.78 is 26.6. The molecule has 0 radical (unpaired) electrons. The summed E-state index contributed by atoms with van der Waals surface area (Å²) in [5, 5.41) is 0. The van der Waals surface area contributed by atoms with Gasteiger partial charge in [-0.05, 0) is 24.6 Å². The van der Waals surface area contributed by atoms with Crippen LogP contribution in [0.3, 0.4) is 0 Å². The van der Waals surface area contributed by atoms with Crippen molar-refractivity contribution in [3.8, 4) is 5.69 Å². The highest BCUT2D eigenvalue weighted by Gasteiger charge is 2.09. The van der Waals surface area contributed by atoms with Crippen molar-refractivity contribution in [1.82, 2.24) is 0 Å². The maximum Gasteiger partial charge on any atom is 0.263 e. The van der Waals surface area contributed by atoms with E-state index in [1.54, 1.807) is 12.1 Å². The first-order valence-corrected chi connectivity index (χ1v) is 5.03. The van der Waals surface area contributed by atoms with Crippen LogP contribution < -0.4 is 4.57 Å². The molecule has 0 atom stereocenters. The van der Waals surface area contributed by atoms with Gasteiger partial charge in [0, 0.05) is 29.8 Å². The lowest BCUT2D eigenvalue weighted by molar-refractivity contribution is -0.595. The average Bonchev–Trinajstić information content (AvgIpc) is 2.30. The Morgan fingerprint density at radius 2 is 1.50 bits per heavy atom. The first-order chi connectivity index (χ1) is 7.66. The Balaban J connectivity index is 2.31. The summed E-state index contributed by atoms with van der Waals surface area (Å²) in [4.78, 5) is 0. The highest BCUT2D eigenvalue weighted by atomic mass is 19.3. The molecule has 0 aliphatic rings. The third kappa shape index (κ3) is 2.24. The molecule has 0 saturated heterocycles. The molecule has 1 aromatic heterocycles. The smallest absolute Gasteiger partial charge is 0.205 e. The quantitative estimate of drug-likeness (QED) is 0.684. The van der Waals surface area contributed by atoms with Crippen LogP contribution in [0.5, 0.6) is 0 Å². The van der Waals surface area contributed by atoms with Gasteiger partial charge < -0.3 is 0 Å². The molecule has 1 heterocycles. The van der Waals surface area contributed by atoms with Crippen molar-refractivity contribution >= 4 is 0 Å². The molecule has 0 N–H and O–H groups in total. The van der Waals surface area contributed by atoms with Gasteiger partial charge in [0.05, 0.1) is 0 Å². The van der Waals surface area contributed by atoms with Gasteiger partial charge in [-0.15, -0.1) is 0 Å². The minimum absolute atomic E-state index is 0.0523. The van der Waals surface area contributed by atoms with E-state index in [2.05, 4.69) is 0 Å². The number of alkyl halides is 2. The van der Waals surface area contributed by atoms with E-state index in [1.807, 2.05) is 36.0 Å². The van der Waals surface area contributed by atoms with E-state index in [4.69, 9.17) is 0 Å². The Bertz CT molecular complexity index is 460. The van der Waals surface area contributed by atoms with Crippen LogP contribution in [0.15, 0.2) is 48.8 Å². The molecule has 1 aromatic carbocycles. The Morgan fingerprint density at radius 1 is 0.938 bits per heavy atom. The number of nitrogens with zero attached hydrogens (tertiary/aromatic N) is 1. The second-order valence-corrected chi connectivity index (χ2v) is 3.67. The maximum absolute atomic E-state index is 12.3. The number of hydrogen-bond donors (Lipinski definition) is 0. The van der Waals surface area contributed by atoms with Gasteiger partial charge in [-0.3, -0.25) is 0 Å². The number of pyridine rings is 1. The first kappa shape index (κ1) is 10.7. The molecular weight excluding hydrogens is 208 g/mol. The minimum Gasteiger partial charge on any atom is -0.205 e. The summed E-state index contributed by atoms with van der Waals surface area (Å²) in [6.45, 7) is 2.00. The fraction of sp³-hybridized carbons (Fsp3) is 0.154. The molecule has 0 aliphatic carbocycles. The molecule has 0 bridgehead atoms. The van der Waals surface area contributed by atoms with E-state index in [-0.39, 0.29) is 5.56 Å². The summed E-state index contributed by atoms with van der Waals surface area (Å²) in [5.41, 5.74) is 2.10. The molecule has 16 heavy (non-hydrogen) atoms. The van der Waals surface area contributed by atoms with Gasteiger partial charge in [-0.2, -0.15) is 4.57 Å². The van der Waals surface area contributed by atoms with Crippen LogP contribution in [0.4, 0.5) is 8.78 Å². The number of aromatic nitrogens is 1. The number of rotatable bonds is 2. The highest BCUT2D eigenvalue weighted by Crippen LogP contribution is 2.18. The Kier molecular flexibility index (Phi) is 2.95. The zero-order valence-electron chi connectivity index (χ0n) is 8.90. The molecule has 1 nitrogen and oxygen atoms in total. The van der Waals surface area contributed by atoms with Gasteiger partial charge >= 0.3 is 0 Å². The topological polar surface area (TPSA) is 3.88 Å². The maximum atomic E-state index is 12.3. The third-order valence-corrected chi connectivity index (χ3v) is 2.44. The molecule has 2 aromatic rings. The van der Waals surface area contributed by atoms with E-state index in [0.29, 0.717) is 0 Å².